The van der Waals surface area contributed by atoms with Crippen LogP contribution in [0.15, 0.2) is 30.6 Å². The number of hydrogen-bond donors (Lipinski definition) is 1. The number of nitrogens with zero attached hydrogens (tertiary/aromatic N) is 3. The van der Waals surface area contributed by atoms with Crippen LogP contribution >= 0.6 is 0 Å². The highest BCUT2D eigenvalue weighted by atomic mass is 16.2. The molecule has 1 saturated carbocycles. The molecule has 0 radical (unpaired) electrons. The molecular formula is C18H22N4O. The van der Waals surface area contributed by atoms with Gasteiger partial charge in [0.1, 0.15) is 0 Å². The average Bonchev–Trinajstić information content (AvgIpc) is 3.27. The SMILES string of the molecule is O=C1CC(C2CCCC2)CCN1c1cc(-c2ccncc2)[nH]n1. The summed E-state index contributed by atoms with van der Waals surface area (Å²) >= 11 is 0. The molecule has 1 saturated heterocycles. The Hall–Kier alpha value is -2.17. The lowest BCUT2D eigenvalue weighted by atomic mass is 9.83. The fourth-order valence-electron chi connectivity index (χ4n) is 4.06. The minimum absolute atomic E-state index is 0.223. The van der Waals surface area contributed by atoms with Gasteiger partial charge in [0, 0.05) is 37.0 Å². The Morgan fingerprint density at radius 3 is 2.61 bits per heavy atom. The molecule has 23 heavy (non-hydrogen) atoms. The van der Waals surface area contributed by atoms with Crippen LogP contribution < -0.4 is 4.90 Å². The zero-order valence-electron chi connectivity index (χ0n) is 13.2. The van der Waals surface area contributed by atoms with E-state index in [0.717, 1.165) is 36.0 Å². The zero-order chi connectivity index (χ0) is 15.6. The molecule has 2 aromatic heterocycles. The minimum Gasteiger partial charge on any atom is -0.295 e. The molecule has 1 amide bonds. The number of aromatic amines is 1. The van der Waals surface area contributed by atoms with Crippen molar-refractivity contribution in [3.63, 3.8) is 0 Å². The highest BCUT2D eigenvalue weighted by molar-refractivity contribution is 5.93. The van der Waals surface area contributed by atoms with Crippen molar-refractivity contribution in [1.29, 1.82) is 0 Å². The minimum atomic E-state index is 0.223. The summed E-state index contributed by atoms with van der Waals surface area (Å²) in [6.45, 7) is 0.792. The van der Waals surface area contributed by atoms with Crippen LogP contribution in [-0.2, 0) is 4.79 Å². The lowest BCUT2D eigenvalue weighted by Crippen LogP contribution is -2.40. The Labute approximate surface area is 136 Å². The summed E-state index contributed by atoms with van der Waals surface area (Å²) in [4.78, 5) is 18.4. The lowest BCUT2D eigenvalue weighted by molar-refractivity contribution is -0.121. The number of amides is 1. The van der Waals surface area contributed by atoms with Crippen molar-refractivity contribution in [2.24, 2.45) is 11.8 Å². The highest BCUT2D eigenvalue weighted by Gasteiger charge is 2.33. The number of carbonyl (C=O) groups excluding carboxylic acids is 1. The molecule has 1 N–H and O–H groups in total. The van der Waals surface area contributed by atoms with E-state index in [4.69, 9.17) is 0 Å². The maximum atomic E-state index is 12.6. The summed E-state index contributed by atoms with van der Waals surface area (Å²) in [5.41, 5.74) is 1.96. The first-order valence-electron chi connectivity index (χ1n) is 8.57. The van der Waals surface area contributed by atoms with E-state index in [1.165, 1.54) is 25.7 Å². The number of piperidine rings is 1. The maximum absolute atomic E-state index is 12.6. The molecule has 0 bridgehead atoms. The van der Waals surface area contributed by atoms with Gasteiger partial charge in [0.25, 0.3) is 0 Å². The van der Waals surface area contributed by atoms with Crippen LogP contribution in [0, 0.1) is 11.8 Å². The summed E-state index contributed by atoms with van der Waals surface area (Å²) in [6, 6.07) is 5.83. The topological polar surface area (TPSA) is 61.9 Å². The van der Waals surface area contributed by atoms with Gasteiger partial charge in [0.15, 0.2) is 5.82 Å². The van der Waals surface area contributed by atoms with Crippen molar-refractivity contribution in [3.05, 3.63) is 30.6 Å². The third kappa shape index (κ3) is 2.87. The van der Waals surface area contributed by atoms with Gasteiger partial charge in [-0.25, -0.2) is 0 Å². The van der Waals surface area contributed by atoms with Gasteiger partial charge < -0.3 is 0 Å². The molecule has 0 spiro atoms. The van der Waals surface area contributed by atoms with E-state index < -0.39 is 0 Å². The van der Waals surface area contributed by atoms with Crippen molar-refractivity contribution in [2.75, 3.05) is 11.4 Å². The highest BCUT2D eigenvalue weighted by Crippen LogP contribution is 2.38. The summed E-state index contributed by atoms with van der Waals surface area (Å²) in [5.74, 6) is 2.32. The van der Waals surface area contributed by atoms with Gasteiger partial charge in [-0.1, -0.05) is 25.7 Å². The third-order valence-electron chi connectivity index (χ3n) is 5.36. The summed E-state index contributed by atoms with van der Waals surface area (Å²) < 4.78 is 0. The van der Waals surface area contributed by atoms with E-state index in [1.54, 1.807) is 12.4 Å². The van der Waals surface area contributed by atoms with Crippen LogP contribution in [0.1, 0.15) is 38.5 Å². The molecule has 5 nitrogen and oxygen atoms in total. The van der Waals surface area contributed by atoms with Crippen molar-refractivity contribution in [2.45, 2.75) is 38.5 Å². The quantitative estimate of drug-likeness (QED) is 0.945. The number of aromatic nitrogens is 3. The van der Waals surface area contributed by atoms with E-state index in [-0.39, 0.29) is 5.91 Å². The van der Waals surface area contributed by atoms with Crippen molar-refractivity contribution in [3.8, 4) is 11.3 Å². The van der Waals surface area contributed by atoms with Crippen LogP contribution in [0.5, 0.6) is 0 Å². The fourth-order valence-corrected chi connectivity index (χ4v) is 4.06. The van der Waals surface area contributed by atoms with Crippen LogP contribution in [0.4, 0.5) is 5.82 Å². The van der Waals surface area contributed by atoms with Crippen LogP contribution in [0.2, 0.25) is 0 Å². The molecule has 1 atom stereocenters. The monoisotopic (exact) mass is 310 g/mol. The van der Waals surface area contributed by atoms with Crippen molar-refractivity contribution >= 4 is 11.7 Å². The van der Waals surface area contributed by atoms with Crippen LogP contribution in [-0.4, -0.2) is 27.6 Å². The third-order valence-corrected chi connectivity index (χ3v) is 5.36. The molecule has 1 aliphatic heterocycles. The Morgan fingerprint density at radius 1 is 1.09 bits per heavy atom. The standard InChI is InChI=1S/C18H22N4O/c23-18-11-15(13-3-1-2-4-13)7-10-22(18)17-12-16(20-21-17)14-5-8-19-9-6-14/h5-6,8-9,12-13,15H,1-4,7,10-11H2,(H,20,21). The van der Waals surface area contributed by atoms with Gasteiger partial charge in [0.05, 0.1) is 5.69 Å². The molecule has 2 aromatic rings. The molecule has 2 fully saturated rings. The number of nitrogens with one attached hydrogen (secondary N) is 1. The second-order valence-electron chi connectivity index (χ2n) is 6.72. The molecule has 1 aliphatic carbocycles. The first-order valence-corrected chi connectivity index (χ1v) is 8.57. The van der Waals surface area contributed by atoms with Gasteiger partial charge in [0.2, 0.25) is 5.91 Å². The smallest absolute Gasteiger partial charge is 0.228 e. The normalized spacial score (nSPS) is 22.7. The molecule has 5 heteroatoms. The summed E-state index contributed by atoms with van der Waals surface area (Å²) in [6.07, 6.45) is 10.6. The second-order valence-corrected chi connectivity index (χ2v) is 6.72. The molecule has 120 valence electrons. The van der Waals surface area contributed by atoms with E-state index >= 15 is 0 Å². The van der Waals surface area contributed by atoms with Gasteiger partial charge in [-0.05, 0) is 30.4 Å². The van der Waals surface area contributed by atoms with Crippen molar-refractivity contribution < 1.29 is 4.79 Å². The molecule has 2 aliphatic rings. The van der Waals surface area contributed by atoms with Gasteiger partial charge in [-0.3, -0.25) is 19.8 Å². The number of rotatable bonds is 3. The largest absolute Gasteiger partial charge is 0.295 e. The van der Waals surface area contributed by atoms with Crippen molar-refractivity contribution in [1.82, 2.24) is 15.2 Å². The number of anilines is 1. The van der Waals surface area contributed by atoms with E-state index in [1.807, 2.05) is 23.1 Å². The van der Waals surface area contributed by atoms with Gasteiger partial charge >= 0.3 is 0 Å². The summed E-state index contributed by atoms with van der Waals surface area (Å²) in [7, 11) is 0. The first kappa shape index (κ1) is 14.4. The van der Waals surface area contributed by atoms with E-state index in [0.29, 0.717) is 12.3 Å². The van der Waals surface area contributed by atoms with Crippen LogP contribution in [0.25, 0.3) is 11.3 Å². The lowest BCUT2D eigenvalue weighted by Gasteiger charge is -2.33. The second kappa shape index (κ2) is 6.14. The number of carbonyl (C=O) groups is 1. The Kier molecular flexibility index (Phi) is 3.85. The fraction of sp³-hybridized carbons (Fsp3) is 0.500. The summed E-state index contributed by atoms with van der Waals surface area (Å²) in [5, 5.41) is 7.38. The van der Waals surface area contributed by atoms with E-state index in [9.17, 15) is 4.79 Å². The van der Waals surface area contributed by atoms with E-state index in [2.05, 4.69) is 15.2 Å². The number of H-pyrrole nitrogens is 1. The Bertz CT molecular complexity index is 675. The number of hydrogen-bond acceptors (Lipinski definition) is 3. The molecule has 3 heterocycles. The Morgan fingerprint density at radius 2 is 1.87 bits per heavy atom. The molecule has 0 aromatic carbocycles. The predicted molar refractivity (Wildman–Crippen MR) is 88.9 cm³/mol. The molecule has 4 rings (SSSR count). The maximum Gasteiger partial charge on any atom is 0.228 e. The predicted octanol–water partition coefficient (Wildman–Crippen LogP) is 3.40. The molecular weight excluding hydrogens is 288 g/mol. The Balaban J connectivity index is 1.47. The average molecular weight is 310 g/mol. The van der Waals surface area contributed by atoms with Crippen LogP contribution in [0.3, 0.4) is 0 Å². The van der Waals surface area contributed by atoms with Gasteiger partial charge in [-0.15, -0.1) is 0 Å². The first-order chi connectivity index (χ1) is 11.3. The zero-order valence-corrected chi connectivity index (χ0v) is 13.2. The molecule has 1 unspecified atom stereocenters. The number of pyridine rings is 1. The van der Waals surface area contributed by atoms with Gasteiger partial charge in [-0.2, -0.15) is 5.10 Å².